The van der Waals surface area contributed by atoms with Gasteiger partial charge in [-0.25, -0.2) is 0 Å². The summed E-state index contributed by atoms with van der Waals surface area (Å²) < 4.78 is 20.5. The van der Waals surface area contributed by atoms with Crippen LogP contribution >= 0.6 is 0 Å². The van der Waals surface area contributed by atoms with Gasteiger partial charge in [-0.3, -0.25) is 0 Å². The molecule has 4 rings (SSSR count). The summed E-state index contributed by atoms with van der Waals surface area (Å²) in [5.74, 6) is 1.42. The maximum absolute atomic E-state index is 11.3. The molecule has 0 aliphatic carbocycles. The fraction of sp³-hybridized carbons (Fsp3) is 0.385. The predicted molar refractivity (Wildman–Crippen MR) is 176 cm³/mol. The minimum absolute atomic E-state index is 0.0481. The third-order valence-corrected chi connectivity index (χ3v) is 7.82. The predicted octanol–water partition coefficient (Wildman–Crippen LogP) is 11.3. The van der Waals surface area contributed by atoms with E-state index >= 15 is 0 Å². The van der Waals surface area contributed by atoms with E-state index in [1.165, 1.54) is 0 Å². The van der Waals surface area contributed by atoms with Crippen molar-refractivity contribution in [3.8, 4) is 23.0 Å². The molecular weight excluding hydrogens is 532 g/mol. The molecule has 0 spiro atoms. The van der Waals surface area contributed by atoms with E-state index in [0.717, 1.165) is 74.5 Å². The van der Waals surface area contributed by atoms with Crippen molar-refractivity contribution in [1.82, 2.24) is 0 Å². The molecule has 228 valence electrons. The van der Waals surface area contributed by atoms with Crippen LogP contribution in [0.3, 0.4) is 0 Å². The lowest BCUT2D eigenvalue weighted by molar-refractivity contribution is 0.130. The van der Waals surface area contributed by atoms with Crippen LogP contribution in [0.15, 0.2) is 103 Å². The van der Waals surface area contributed by atoms with E-state index < -0.39 is 0 Å². The molecule has 4 nitrogen and oxygen atoms in total. The molecule has 43 heavy (non-hydrogen) atoms. The third-order valence-electron chi connectivity index (χ3n) is 7.82. The zero-order valence-corrected chi connectivity index (χ0v) is 26.1. The molecule has 0 aromatic heterocycles. The average Bonchev–Trinajstić information content (AvgIpc) is 3.06. The largest absolute Gasteiger partial charge is 0.504 e. The van der Waals surface area contributed by atoms with Gasteiger partial charge in [0.1, 0.15) is 18.3 Å². The number of ether oxygens (including phenoxy) is 3. The number of phenolic OH excluding ortho intramolecular Hbond substituents is 1. The second kappa shape index (κ2) is 17.3. The van der Waals surface area contributed by atoms with Crippen molar-refractivity contribution in [2.75, 3.05) is 0 Å². The smallest absolute Gasteiger partial charge is 0.208 e. The highest BCUT2D eigenvalue weighted by Gasteiger charge is 2.27. The zero-order chi connectivity index (χ0) is 30.3. The van der Waals surface area contributed by atoms with Gasteiger partial charge < -0.3 is 19.3 Å². The molecule has 4 aromatic carbocycles. The third kappa shape index (κ3) is 9.28. The van der Waals surface area contributed by atoms with E-state index in [4.69, 9.17) is 14.2 Å². The lowest BCUT2D eigenvalue weighted by Gasteiger charge is -2.28. The van der Waals surface area contributed by atoms with E-state index in [9.17, 15) is 5.11 Å². The Kier molecular flexibility index (Phi) is 12.8. The first kappa shape index (κ1) is 32.0. The van der Waals surface area contributed by atoms with Crippen LogP contribution < -0.4 is 14.2 Å². The summed E-state index contributed by atoms with van der Waals surface area (Å²) in [6.45, 7) is 6.57. The molecule has 0 aliphatic rings. The van der Waals surface area contributed by atoms with Gasteiger partial charge in [0.05, 0.1) is 0 Å². The van der Waals surface area contributed by atoms with E-state index in [0.29, 0.717) is 17.2 Å². The van der Waals surface area contributed by atoms with Crippen LogP contribution in [0.5, 0.6) is 23.0 Å². The van der Waals surface area contributed by atoms with Crippen LogP contribution in [0.1, 0.15) is 114 Å². The molecule has 0 bridgehead atoms. The monoisotopic (exact) mass is 580 g/mol. The average molecular weight is 581 g/mol. The van der Waals surface area contributed by atoms with Crippen molar-refractivity contribution in [2.24, 2.45) is 0 Å². The van der Waals surface area contributed by atoms with Gasteiger partial charge in [-0.15, -0.1) is 0 Å². The number of phenols is 1. The van der Waals surface area contributed by atoms with Crippen molar-refractivity contribution < 1.29 is 19.3 Å². The maximum Gasteiger partial charge on any atom is 0.208 e. The van der Waals surface area contributed by atoms with Crippen LogP contribution in [0.4, 0.5) is 0 Å². The van der Waals surface area contributed by atoms with Gasteiger partial charge in [0.25, 0.3) is 0 Å². The van der Waals surface area contributed by atoms with Crippen molar-refractivity contribution >= 4 is 0 Å². The number of hydrogen-bond donors (Lipinski definition) is 1. The molecule has 0 amide bonds. The minimum Gasteiger partial charge on any atom is -0.504 e. The van der Waals surface area contributed by atoms with Crippen LogP contribution in [-0.2, 0) is 0 Å². The van der Waals surface area contributed by atoms with Gasteiger partial charge in [0, 0.05) is 0 Å². The number of unbranched alkanes of at least 4 members (excludes halogenated alkanes) is 3. The normalized spacial score (nSPS) is 13.2. The Morgan fingerprint density at radius 3 is 1.23 bits per heavy atom. The molecule has 0 heterocycles. The minimum atomic E-state index is -0.236. The molecule has 0 radical (unpaired) electrons. The Hall–Kier alpha value is -3.92. The van der Waals surface area contributed by atoms with Gasteiger partial charge in [0.2, 0.25) is 11.5 Å². The first-order valence-electron chi connectivity index (χ1n) is 16.1. The molecule has 0 fully saturated rings. The lowest BCUT2D eigenvalue weighted by Crippen LogP contribution is -2.14. The van der Waals surface area contributed by atoms with E-state index in [-0.39, 0.29) is 24.1 Å². The van der Waals surface area contributed by atoms with Gasteiger partial charge in [-0.1, -0.05) is 131 Å². The van der Waals surface area contributed by atoms with Crippen molar-refractivity contribution in [2.45, 2.75) is 96.9 Å². The molecule has 4 heteroatoms. The summed E-state index contributed by atoms with van der Waals surface area (Å²) >= 11 is 0. The molecule has 1 N–H and O–H groups in total. The standard InChI is InChI=1S/C39H48O4/c1-4-7-25-34(30-19-13-10-14-20-30)41-37-29-28-33(40)38(42-35(26-8-5-2)31-21-15-11-16-22-31)39(37)43-36(27-9-6-3)32-23-17-12-18-24-32/h10-24,28-29,34-36,40H,4-9,25-27H2,1-3H3. The van der Waals surface area contributed by atoms with Gasteiger partial charge in [-0.05, 0) is 67.3 Å². The quantitative estimate of drug-likeness (QED) is 0.127. The van der Waals surface area contributed by atoms with Crippen molar-refractivity contribution in [3.05, 3.63) is 120 Å². The topological polar surface area (TPSA) is 47.9 Å². The molecular formula is C39H48O4. The molecule has 0 saturated heterocycles. The summed E-state index contributed by atoms with van der Waals surface area (Å²) in [4.78, 5) is 0. The molecule has 0 aliphatic heterocycles. The van der Waals surface area contributed by atoms with Crippen LogP contribution in [0.25, 0.3) is 0 Å². The second-order valence-corrected chi connectivity index (χ2v) is 11.2. The van der Waals surface area contributed by atoms with Gasteiger partial charge in [0.15, 0.2) is 11.5 Å². The number of hydrogen-bond acceptors (Lipinski definition) is 4. The Morgan fingerprint density at radius 1 is 0.465 bits per heavy atom. The summed E-state index contributed by atoms with van der Waals surface area (Å²) in [6, 6.07) is 34.4. The second-order valence-electron chi connectivity index (χ2n) is 11.2. The highest BCUT2D eigenvalue weighted by Crippen LogP contribution is 2.49. The van der Waals surface area contributed by atoms with Crippen LogP contribution in [0, 0.1) is 0 Å². The molecule has 0 saturated carbocycles. The SMILES string of the molecule is CCCCC(Oc1ccc(O)c(OC(CCCC)c2ccccc2)c1OC(CCCC)c1ccccc1)c1ccccc1. The highest BCUT2D eigenvalue weighted by molar-refractivity contribution is 5.59. The van der Waals surface area contributed by atoms with E-state index in [1.807, 2.05) is 48.5 Å². The van der Waals surface area contributed by atoms with Crippen LogP contribution in [0.2, 0.25) is 0 Å². The fourth-order valence-electron chi connectivity index (χ4n) is 5.34. The summed E-state index contributed by atoms with van der Waals surface area (Å²) in [5.41, 5.74) is 3.28. The Morgan fingerprint density at radius 2 is 0.837 bits per heavy atom. The summed E-state index contributed by atoms with van der Waals surface area (Å²) in [5, 5.41) is 11.3. The van der Waals surface area contributed by atoms with Crippen molar-refractivity contribution in [3.63, 3.8) is 0 Å². The number of rotatable bonds is 18. The van der Waals surface area contributed by atoms with Crippen molar-refractivity contribution in [1.29, 1.82) is 0 Å². The molecule has 4 aromatic rings. The Bertz CT molecular complexity index is 1320. The lowest BCUT2D eigenvalue weighted by atomic mass is 10.0. The summed E-state index contributed by atoms with van der Waals surface area (Å²) in [7, 11) is 0. The Balaban J connectivity index is 1.80. The van der Waals surface area contributed by atoms with E-state index in [2.05, 4.69) is 69.3 Å². The molecule has 3 atom stereocenters. The first-order valence-corrected chi connectivity index (χ1v) is 16.1. The fourth-order valence-corrected chi connectivity index (χ4v) is 5.34. The molecule has 3 unspecified atom stereocenters. The zero-order valence-electron chi connectivity index (χ0n) is 26.1. The number of aromatic hydroxyl groups is 1. The Labute approximate surface area is 258 Å². The summed E-state index contributed by atoms with van der Waals surface area (Å²) in [6.07, 6.45) is 8.15. The number of benzene rings is 4. The van der Waals surface area contributed by atoms with Crippen LogP contribution in [-0.4, -0.2) is 5.11 Å². The van der Waals surface area contributed by atoms with E-state index in [1.54, 1.807) is 6.07 Å². The van der Waals surface area contributed by atoms with Gasteiger partial charge in [-0.2, -0.15) is 0 Å². The maximum atomic E-state index is 11.3. The first-order chi connectivity index (χ1) is 21.1. The van der Waals surface area contributed by atoms with Gasteiger partial charge >= 0.3 is 0 Å². The highest BCUT2D eigenvalue weighted by atomic mass is 16.6.